The highest BCUT2D eigenvalue weighted by Crippen LogP contribution is 2.41. The quantitative estimate of drug-likeness (QED) is 0.528. The molecule has 1 rings (SSSR count). The summed E-state index contributed by atoms with van der Waals surface area (Å²) in [5.74, 6) is 0. The van der Waals surface area contributed by atoms with Crippen molar-refractivity contribution in [3.05, 3.63) is 0 Å². The number of hydrogen-bond donors (Lipinski definition) is 1. The SMILES string of the molecule is CC(C)N1CCCC1(C)SS. The third-order valence-electron chi connectivity index (χ3n) is 2.47. The van der Waals surface area contributed by atoms with Crippen LogP contribution >= 0.6 is 22.5 Å². The van der Waals surface area contributed by atoms with Crippen LogP contribution in [0.4, 0.5) is 0 Å². The molecule has 1 unspecified atom stereocenters. The predicted molar refractivity (Wildman–Crippen MR) is 56.1 cm³/mol. The van der Waals surface area contributed by atoms with Crippen molar-refractivity contribution in [2.75, 3.05) is 6.54 Å². The Balaban J connectivity index is 2.64. The van der Waals surface area contributed by atoms with Crippen LogP contribution in [0.25, 0.3) is 0 Å². The Morgan fingerprint density at radius 2 is 2.18 bits per heavy atom. The van der Waals surface area contributed by atoms with Gasteiger partial charge in [-0.1, -0.05) is 10.8 Å². The van der Waals surface area contributed by atoms with Crippen molar-refractivity contribution in [1.82, 2.24) is 4.90 Å². The van der Waals surface area contributed by atoms with Gasteiger partial charge in [0.1, 0.15) is 0 Å². The van der Waals surface area contributed by atoms with E-state index >= 15 is 0 Å². The second kappa shape index (κ2) is 3.58. The number of nitrogens with zero attached hydrogens (tertiary/aromatic N) is 1. The molecule has 0 saturated carbocycles. The maximum Gasteiger partial charge on any atom is 0.0745 e. The van der Waals surface area contributed by atoms with Crippen LogP contribution in [-0.2, 0) is 0 Å². The topological polar surface area (TPSA) is 3.24 Å². The third-order valence-corrected chi connectivity index (χ3v) is 4.48. The molecular formula is C8H17NS2. The van der Waals surface area contributed by atoms with E-state index in [0.29, 0.717) is 6.04 Å². The number of hydrogen-bond acceptors (Lipinski definition) is 3. The van der Waals surface area contributed by atoms with Crippen LogP contribution < -0.4 is 0 Å². The lowest BCUT2D eigenvalue weighted by atomic mass is 10.2. The molecule has 0 aromatic carbocycles. The molecule has 0 aromatic rings. The molecule has 0 N–H and O–H groups in total. The Hall–Kier alpha value is 0.660. The minimum Gasteiger partial charge on any atom is -0.286 e. The van der Waals surface area contributed by atoms with E-state index in [9.17, 15) is 0 Å². The van der Waals surface area contributed by atoms with Crippen LogP contribution in [0, 0.1) is 0 Å². The number of rotatable bonds is 2. The Morgan fingerprint density at radius 1 is 1.55 bits per heavy atom. The van der Waals surface area contributed by atoms with Gasteiger partial charge in [0.15, 0.2) is 0 Å². The summed E-state index contributed by atoms with van der Waals surface area (Å²) >= 11 is 4.33. The van der Waals surface area contributed by atoms with Crippen LogP contribution in [0.3, 0.4) is 0 Å². The minimum atomic E-state index is 0.289. The lowest BCUT2D eigenvalue weighted by molar-refractivity contribution is 0.193. The Morgan fingerprint density at radius 3 is 2.55 bits per heavy atom. The zero-order chi connectivity index (χ0) is 8.48. The van der Waals surface area contributed by atoms with E-state index in [4.69, 9.17) is 0 Å². The monoisotopic (exact) mass is 191 g/mol. The van der Waals surface area contributed by atoms with E-state index in [1.165, 1.54) is 19.4 Å². The summed E-state index contributed by atoms with van der Waals surface area (Å²) < 4.78 is 0. The van der Waals surface area contributed by atoms with E-state index in [-0.39, 0.29) is 4.87 Å². The molecule has 0 aromatic heterocycles. The first kappa shape index (κ1) is 9.75. The molecule has 1 aliphatic rings. The zero-order valence-electron chi connectivity index (χ0n) is 7.50. The summed E-state index contributed by atoms with van der Waals surface area (Å²) in [6, 6.07) is 0.655. The van der Waals surface area contributed by atoms with Crippen LogP contribution in [0.2, 0.25) is 0 Å². The molecule has 0 bridgehead atoms. The molecule has 3 heteroatoms. The van der Waals surface area contributed by atoms with Crippen LogP contribution in [0.15, 0.2) is 0 Å². The Kier molecular flexibility index (Phi) is 3.18. The average molecular weight is 191 g/mol. The fourth-order valence-electron chi connectivity index (χ4n) is 1.86. The molecular weight excluding hydrogens is 174 g/mol. The molecule has 11 heavy (non-hydrogen) atoms. The van der Waals surface area contributed by atoms with E-state index in [1.807, 2.05) is 0 Å². The highest BCUT2D eigenvalue weighted by atomic mass is 33.1. The second-order valence-electron chi connectivity index (χ2n) is 3.66. The largest absolute Gasteiger partial charge is 0.286 e. The molecule has 1 nitrogen and oxygen atoms in total. The first-order chi connectivity index (χ1) is 5.10. The van der Waals surface area contributed by atoms with Crippen molar-refractivity contribution in [3.63, 3.8) is 0 Å². The van der Waals surface area contributed by atoms with Gasteiger partial charge in [-0.2, -0.15) is 0 Å². The van der Waals surface area contributed by atoms with Crippen molar-refractivity contribution >= 4 is 22.5 Å². The van der Waals surface area contributed by atoms with Gasteiger partial charge in [-0.3, -0.25) is 4.90 Å². The summed E-state index contributed by atoms with van der Waals surface area (Å²) in [5, 5.41) is 0. The first-order valence-corrected chi connectivity index (χ1v) is 6.06. The van der Waals surface area contributed by atoms with Gasteiger partial charge in [0.2, 0.25) is 0 Å². The van der Waals surface area contributed by atoms with Crippen LogP contribution in [0.1, 0.15) is 33.6 Å². The van der Waals surface area contributed by atoms with Gasteiger partial charge in [0, 0.05) is 6.04 Å². The van der Waals surface area contributed by atoms with E-state index in [2.05, 4.69) is 37.3 Å². The highest BCUT2D eigenvalue weighted by Gasteiger charge is 2.37. The molecule has 1 saturated heterocycles. The van der Waals surface area contributed by atoms with Gasteiger partial charge in [0.25, 0.3) is 0 Å². The lowest BCUT2D eigenvalue weighted by Gasteiger charge is -2.35. The number of thiol groups is 1. The van der Waals surface area contributed by atoms with Crippen molar-refractivity contribution in [3.8, 4) is 0 Å². The first-order valence-electron chi connectivity index (χ1n) is 4.19. The van der Waals surface area contributed by atoms with Crippen molar-refractivity contribution in [2.45, 2.75) is 44.5 Å². The molecule has 0 radical (unpaired) electrons. The van der Waals surface area contributed by atoms with Gasteiger partial charge in [-0.05, 0) is 40.2 Å². The van der Waals surface area contributed by atoms with Crippen LogP contribution in [0.5, 0.6) is 0 Å². The predicted octanol–water partition coefficient (Wildman–Crippen LogP) is 2.78. The fraction of sp³-hybridized carbons (Fsp3) is 1.00. The summed E-state index contributed by atoms with van der Waals surface area (Å²) in [4.78, 5) is 2.82. The van der Waals surface area contributed by atoms with Gasteiger partial charge in [0.05, 0.1) is 4.87 Å². The normalized spacial score (nSPS) is 33.5. The standard InChI is InChI=1S/C8H17NS2/c1-7(2)9-6-4-5-8(9,3)11-10/h7,10H,4-6H2,1-3H3. The van der Waals surface area contributed by atoms with Crippen molar-refractivity contribution < 1.29 is 0 Å². The Bertz CT molecular complexity index is 138. The summed E-state index contributed by atoms with van der Waals surface area (Å²) in [7, 11) is 1.69. The molecule has 1 heterocycles. The van der Waals surface area contributed by atoms with Gasteiger partial charge in [-0.15, -0.1) is 11.7 Å². The van der Waals surface area contributed by atoms with Crippen LogP contribution in [-0.4, -0.2) is 22.4 Å². The van der Waals surface area contributed by atoms with Gasteiger partial charge < -0.3 is 0 Å². The third kappa shape index (κ3) is 1.87. The summed E-state index contributed by atoms with van der Waals surface area (Å²) in [5.41, 5.74) is 0. The smallest absolute Gasteiger partial charge is 0.0745 e. The maximum absolute atomic E-state index is 4.33. The minimum absolute atomic E-state index is 0.289. The van der Waals surface area contributed by atoms with Gasteiger partial charge in [-0.25, -0.2) is 0 Å². The molecule has 1 aliphatic heterocycles. The summed E-state index contributed by atoms with van der Waals surface area (Å²) in [6.45, 7) is 8.04. The van der Waals surface area contributed by atoms with E-state index in [1.54, 1.807) is 10.8 Å². The molecule has 0 amide bonds. The van der Waals surface area contributed by atoms with Crippen molar-refractivity contribution in [1.29, 1.82) is 0 Å². The molecule has 1 fully saturated rings. The number of likely N-dealkylation sites (tertiary alicyclic amines) is 1. The molecule has 1 atom stereocenters. The maximum atomic E-state index is 4.33. The molecule has 66 valence electrons. The highest BCUT2D eigenvalue weighted by molar-refractivity contribution is 8.69. The molecule has 0 aliphatic carbocycles. The fourth-order valence-corrected chi connectivity index (χ4v) is 3.09. The second-order valence-corrected chi connectivity index (χ2v) is 5.27. The van der Waals surface area contributed by atoms with E-state index < -0.39 is 0 Å². The van der Waals surface area contributed by atoms with Gasteiger partial charge >= 0.3 is 0 Å². The van der Waals surface area contributed by atoms with Crippen molar-refractivity contribution in [2.24, 2.45) is 0 Å². The summed E-state index contributed by atoms with van der Waals surface area (Å²) in [6.07, 6.45) is 2.60. The average Bonchev–Trinajstić information content (AvgIpc) is 2.32. The zero-order valence-corrected chi connectivity index (χ0v) is 9.21. The Labute approximate surface area is 78.7 Å². The lowest BCUT2D eigenvalue weighted by Crippen LogP contribution is -2.41. The molecule has 0 spiro atoms. The van der Waals surface area contributed by atoms with E-state index in [0.717, 1.165) is 0 Å².